The third-order valence-corrected chi connectivity index (χ3v) is 3.45. The summed E-state index contributed by atoms with van der Waals surface area (Å²) in [4.78, 5) is 13.3. The third kappa shape index (κ3) is 3.97. The van der Waals surface area contributed by atoms with Crippen molar-refractivity contribution in [2.75, 3.05) is 12.8 Å². The lowest BCUT2D eigenvalue weighted by Gasteiger charge is -2.18. The van der Waals surface area contributed by atoms with E-state index in [1.807, 2.05) is 36.2 Å². The number of benzene rings is 2. The molecule has 2 rings (SSSR count). The molecule has 0 bridgehead atoms. The zero-order valence-corrected chi connectivity index (χ0v) is 12.5. The van der Waals surface area contributed by atoms with E-state index < -0.39 is 5.97 Å². The number of carbonyl (C=O) groups is 1. The van der Waals surface area contributed by atoms with Crippen molar-refractivity contribution in [3.63, 3.8) is 0 Å². The Morgan fingerprint density at radius 2 is 1.86 bits per heavy atom. The Bertz CT molecular complexity index is 641. The second-order valence-corrected chi connectivity index (χ2v) is 5.42. The summed E-state index contributed by atoms with van der Waals surface area (Å²) in [5.41, 5.74) is 8.05. The standard InChI is InChI=1S/C16H17ClN2O2/c1-19(9-11-5-7-13(17)8-6-11)10-12-3-2-4-14(18)15(12)16(20)21/h2-8H,9-10,18H2,1H3,(H,20,21). The highest BCUT2D eigenvalue weighted by molar-refractivity contribution is 6.30. The minimum Gasteiger partial charge on any atom is -0.478 e. The Balaban J connectivity index is 2.13. The summed E-state index contributed by atoms with van der Waals surface area (Å²) >= 11 is 5.86. The normalized spacial score (nSPS) is 10.8. The molecular weight excluding hydrogens is 288 g/mol. The molecule has 3 N–H and O–H groups in total. The molecule has 110 valence electrons. The van der Waals surface area contributed by atoms with Gasteiger partial charge in [0.15, 0.2) is 0 Å². The molecule has 0 aromatic heterocycles. The summed E-state index contributed by atoms with van der Waals surface area (Å²) < 4.78 is 0. The molecule has 21 heavy (non-hydrogen) atoms. The number of hydrogen-bond donors (Lipinski definition) is 2. The molecule has 0 spiro atoms. The summed E-state index contributed by atoms with van der Waals surface area (Å²) in [6.07, 6.45) is 0. The van der Waals surface area contributed by atoms with Crippen LogP contribution in [0.2, 0.25) is 5.02 Å². The summed E-state index contributed by atoms with van der Waals surface area (Å²) in [5, 5.41) is 9.97. The van der Waals surface area contributed by atoms with Gasteiger partial charge in [0.2, 0.25) is 0 Å². The number of aromatic carboxylic acids is 1. The van der Waals surface area contributed by atoms with Crippen LogP contribution in [0.1, 0.15) is 21.5 Å². The minimum absolute atomic E-state index is 0.181. The topological polar surface area (TPSA) is 66.6 Å². The van der Waals surface area contributed by atoms with E-state index in [0.717, 1.165) is 5.56 Å². The van der Waals surface area contributed by atoms with Gasteiger partial charge in [0.25, 0.3) is 0 Å². The summed E-state index contributed by atoms with van der Waals surface area (Å²) in [5.74, 6) is -0.997. The molecule has 0 radical (unpaired) electrons. The van der Waals surface area contributed by atoms with Crippen LogP contribution in [-0.4, -0.2) is 23.0 Å². The van der Waals surface area contributed by atoms with Crippen LogP contribution in [-0.2, 0) is 13.1 Å². The van der Waals surface area contributed by atoms with Gasteiger partial charge in [-0.1, -0.05) is 35.9 Å². The lowest BCUT2D eigenvalue weighted by molar-refractivity contribution is 0.0696. The SMILES string of the molecule is CN(Cc1ccc(Cl)cc1)Cc1cccc(N)c1C(=O)O. The molecule has 0 atom stereocenters. The Morgan fingerprint density at radius 3 is 2.48 bits per heavy atom. The zero-order chi connectivity index (χ0) is 15.4. The molecule has 0 saturated heterocycles. The number of carboxylic acid groups (broad SMARTS) is 1. The fourth-order valence-corrected chi connectivity index (χ4v) is 2.39. The zero-order valence-electron chi connectivity index (χ0n) is 11.7. The fourth-order valence-electron chi connectivity index (χ4n) is 2.26. The van der Waals surface area contributed by atoms with Crippen molar-refractivity contribution in [3.05, 3.63) is 64.2 Å². The van der Waals surface area contributed by atoms with E-state index in [0.29, 0.717) is 29.4 Å². The minimum atomic E-state index is -0.997. The van der Waals surface area contributed by atoms with Gasteiger partial charge in [0, 0.05) is 23.8 Å². The van der Waals surface area contributed by atoms with Gasteiger partial charge < -0.3 is 10.8 Å². The molecule has 0 amide bonds. The molecule has 2 aromatic carbocycles. The maximum atomic E-state index is 11.3. The van der Waals surface area contributed by atoms with Crippen molar-refractivity contribution in [1.29, 1.82) is 0 Å². The van der Waals surface area contributed by atoms with Gasteiger partial charge in [-0.3, -0.25) is 4.90 Å². The number of rotatable bonds is 5. The van der Waals surface area contributed by atoms with Crippen LogP contribution in [0.15, 0.2) is 42.5 Å². The van der Waals surface area contributed by atoms with Crippen molar-refractivity contribution in [2.45, 2.75) is 13.1 Å². The van der Waals surface area contributed by atoms with Gasteiger partial charge in [0.05, 0.1) is 5.56 Å². The highest BCUT2D eigenvalue weighted by Gasteiger charge is 2.14. The molecule has 0 fully saturated rings. The van der Waals surface area contributed by atoms with E-state index >= 15 is 0 Å². The van der Waals surface area contributed by atoms with Gasteiger partial charge in [-0.25, -0.2) is 4.79 Å². The van der Waals surface area contributed by atoms with E-state index in [4.69, 9.17) is 17.3 Å². The first-order valence-corrected chi connectivity index (χ1v) is 6.89. The molecule has 4 nitrogen and oxygen atoms in total. The fraction of sp³-hybridized carbons (Fsp3) is 0.188. The first kappa shape index (κ1) is 15.4. The maximum absolute atomic E-state index is 11.3. The third-order valence-electron chi connectivity index (χ3n) is 3.20. The van der Waals surface area contributed by atoms with Crippen LogP contribution < -0.4 is 5.73 Å². The summed E-state index contributed by atoms with van der Waals surface area (Å²) in [6, 6.07) is 12.8. The molecule has 5 heteroatoms. The smallest absolute Gasteiger partial charge is 0.338 e. The number of nitrogens with two attached hydrogens (primary N) is 1. The van der Waals surface area contributed by atoms with E-state index in [9.17, 15) is 9.90 Å². The van der Waals surface area contributed by atoms with Crippen LogP contribution in [0, 0.1) is 0 Å². The second kappa shape index (κ2) is 6.61. The predicted molar refractivity (Wildman–Crippen MR) is 84.4 cm³/mol. The van der Waals surface area contributed by atoms with E-state index in [1.54, 1.807) is 18.2 Å². The highest BCUT2D eigenvalue weighted by atomic mass is 35.5. The quantitative estimate of drug-likeness (QED) is 0.832. The monoisotopic (exact) mass is 304 g/mol. The highest BCUT2D eigenvalue weighted by Crippen LogP contribution is 2.19. The van der Waals surface area contributed by atoms with Crippen LogP contribution in [0.5, 0.6) is 0 Å². The Kier molecular flexibility index (Phi) is 4.83. The van der Waals surface area contributed by atoms with Gasteiger partial charge >= 0.3 is 5.97 Å². The summed E-state index contributed by atoms with van der Waals surface area (Å²) in [7, 11) is 1.93. The Morgan fingerprint density at radius 1 is 1.19 bits per heavy atom. The molecule has 0 heterocycles. The van der Waals surface area contributed by atoms with Crippen LogP contribution in [0.3, 0.4) is 0 Å². The number of anilines is 1. The van der Waals surface area contributed by atoms with Crippen LogP contribution in [0.4, 0.5) is 5.69 Å². The first-order chi connectivity index (χ1) is 9.97. The maximum Gasteiger partial charge on any atom is 0.338 e. The molecule has 0 aliphatic carbocycles. The predicted octanol–water partition coefficient (Wildman–Crippen LogP) is 3.25. The lowest BCUT2D eigenvalue weighted by atomic mass is 10.0. The number of halogens is 1. The molecular formula is C16H17ClN2O2. The van der Waals surface area contributed by atoms with Crippen LogP contribution in [0.25, 0.3) is 0 Å². The number of nitrogens with zero attached hydrogens (tertiary/aromatic N) is 1. The van der Waals surface area contributed by atoms with Gasteiger partial charge in [-0.15, -0.1) is 0 Å². The van der Waals surface area contributed by atoms with Crippen molar-refractivity contribution < 1.29 is 9.90 Å². The van der Waals surface area contributed by atoms with Crippen molar-refractivity contribution in [2.24, 2.45) is 0 Å². The Hall–Kier alpha value is -2.04. The number of nitrogen functional groups attached to an aromatic ring is 1. The van der Waals surface area contributed by atoms with Crippen molar-refractivity contribution >= 4 is 23.3 Å². The largest absolute Gasteiger partial charge is 0.478 e. The van der Waals surface area contributed by atoms with Crippen molar-refractivity contribution in [1.82, 2.24) is 4.90 Å². The molecule has 0 aliphatic rings. The number of carboxylic acids is 1. The van der Waals surface area contributed by atoms with E-state index in [-0.39, 0.29) is 5.56 Å². The summed E-state index contributed by atoms with van der Waals surface area (Å²) in [6.45, 7) is 1.21. The lowest BCUT2D eigenvalue weighted by Crippen LogP contribution is -2.19. The second-order valence-electron chi connectivity index (χ2n) is 4.99. The molecule has 2 aromatic rings. The van der Waals surface area contributed by atoms with Crippen LogP contribution >= 0.6 is 11.6 Å². The Labute approximate surface area is 128 Å². The molecule has 0 aliphatic heterocycles. The van der Waals surface area contributed by atoms with Gasteiger partial charge in [0.1, 0.15) is 0 Å². The van der Waals surface area contributed by atoms with Gasteiger partial charge in [-0.2, -0.15) is 0 Å². The molecule has 0 saturated carbocycles. The molecule has 0 unspecified atom stereocenters. The number of hydrogen-bond acceptors (Lipinski definition) is 3. The van der Waals surface area contributed by atoms with E-state index in [1.165, 1.54) is 0 Å². The van der Waals surface area contributed by atoms with Gasteiger partial charge in [-0.05, 0) is 36.4 Å². The van der Waals surface area contributed by atoms with Crippen molar-refractivity contribution in [3.8, 4) is 0 Å². The average molecular weight is 305 g/mol. The first-order valence-electron chi connectivity index (χ1n) is 6.51. The average Bonchev–Trinajstić information content (AvgIpc) is 2.41. The van der Waals surface area contributed by atoms with E-state index in [2.05, 4.69) is 0 Å².